The maximum Gasteiger partial charge on any atom is 0.389 e. The van der Waals surface area contributed by atoms with Gasteiger partial charge in [-0.05, 0) is 0 Å². The van der Waals surface area contributed by atoms with Crippen LogP contribution in [-0.2, 0) is 9.63 Å². The van der Waals surface area contributed by atoms with Gasteiger partial charge in [-0.15, -0.1) is 4.91 Å². The second-order valence-corrected chi connectivity index (χ2v) is 3.23. The number of alkyl halides is 3. The molecule has 0 saturated carbocycles. The first-order valence-corrected chi connectivity index (χ1v) is 2.72. The molecule has 0 saturated heterocycles. The summed E-state index contributed by atoms with van der Waals surface area (Å²) < 4.78 is -2.23. The van der Waals surface area contributed by atoms with E-state index in [0.717, 1.165) is 0 Å². The van der Waals surface area contributed by atoms with Gasteiger partial charge in [0.05, 0.1) is 0 Å². The molecule has 0 atom stereocenters. The van der Waals surface area contributed by atoms with E-state index < -0.39 is 9.76 Å². The van der Waals surface area contributed by atoms with Gasteiger partial charge < -0.3 is 0 Å². The molecule has 0 aromatic heterocycles. The zero-order valence-electron chi connectivity index (χ0n) is 3.81. The minimum Gasteiger partial charge on any atom is -0.280 e. The van der Waals surface area contributed by atoms with Gasteiger partial charge in [-0.2, -0.15) is 0 Å². The van der Waals surface area contributed by atoms with Crippen LogP contribution in [0.2, 0.25) is 0 Å². The highest BCUT2D eigenvalue weighted by Crippen LogP contribution is 2.27. The highest BCUT2D eigenvalue weighted by atomic mass is 35.6. The Morgan fingerprint density at radius 2 is 1.89 bits per heavy atom. The summed E-state index contributed by atoms with van der Waals surface area (Å²) in [6.07, 6.45) is 0. The average molecular weight is 192 g/mol. The largest absolute Gasteiger partial charge is 0.389 e. The normalized spacial score (nSPS) is 10.6. The zero-order valence-corrected chi connectivity index (χ0v) is 6.07. The number of rotatable bonds is 1. The van der Waals surface area contributed by atoms with Crippen molar-refractivity contribution in [1.29, 1.82) is 0 Å². The van der Waals surface area contributed by atoms with Gasteiger partial charge in [-0.1, -0.05) is 34.8 Å². The Morgan fingerprint density at radius 1 is 1.44 bits per heavy atom. The summed E-state index contributed by atoms with van der Waals surface area (Å²) in [7, 11) is 0. The molecule has 0 unspecified atom stereocenters. The van der Waals surface area contributed by atoms with Gasteiger partial charge >= 0.3 is 5.97 Å². The van der Waals surface area contributed by atoms with E-state index in [9.17, 15) is 9.70 Å². The van der Waals surface area contributed by atoms with Crippen LogP contribution in [0, 0.1) is 4.91 Å². The third kappa shape index (κ3) is 3.51. The molecule has 0 aliphatic rings. The van der Waals surface area contributed by atoms with Crippen LogP contribution in [0.3, 0.4) is 0 Å². The average Bonchev–Trinajstić information content (AvgIpc) is 1.64. The maximum absolute atomic E-state index is 10.2. The Balaban J connectivity index is 3.88. The minimum absolute atomic E-state index is 1.32. The Morgan fingerprint density at radius 3 is 2.00 bits per heavy atom. The molecular formula is C2Cl3NO3. The lowest BCUT2D eigenvalue weighted by Gasteiger charge is -2.02. The molecular weight excluding hydrogens is 192 g/mol. The summed E-state index contributed by atoms with van der Waals surface area (Å²) in [5, 5.41) is 1.75. The van der Waals surface area contributed by atoms with Crippen molar-refractivity contribution in [3.05, 3.63) is 4.91 Å². The van der Waals surface area contributed by atoms with E-state index in [1.165, 1.54) is 0 Å². The molecule has 0 aliphatic carbocycles. The van der Waals surface area contributed by atoms with Crippen LogP contribution in [0.5, 0.6) is 0 Å². The summed E-state index contributed by atoms with van der Waals surface area (Å²) in [6.45, 7) is 0. The summed E-state index contributed by atoms with van der Waals surface area (Å²) >= 11 is 14.8. The van der Waals surface area contributed by atoms with Gasteiger partial charge in [0, 0.05) is 0 Å². The van der Waals surface area contributed by atoms with E-state index in [1.807, 2.05) is 0 Å². The van der Waals surface area contributed by atoms with Crippen LogP contribution in [0.25, 0.3) is 0 Å². The smallest absolute Gasteiger partial charge is 0.280 e. The first-order chi connectivity index (χ1) is 3.98. The van der Waals surface area contributed by atoms with Crippen molar-refractivity contribution in [3.8, 4) is 0 Å². The van der Waals surface area contributed by atoms with E-state index in [4.69, 9.17) is 34.8 Å². The lowest BCUT2D eigenvalue weighted by Crippen LogP contribution is -2.19. The third-order valence-corrected chi connectivity index (χ3v) is 0.815. The van der Waals surface area contributed by atoms with Crippen LogP contribution in [-0.4, -0.2) is 9.76 Å². The second kappa shape index (κ2) is 3.20. The van der Waals surface area contributed by atoms with Crippen LogP contribution >= 0.6 is 34.8 Å². The van der Waals surface area contributed by atoms with Crippen molar-refractivity contribution in [1.82, 2.24) is 0 Å². The first-order valence-electron chi connectivity index (χ1n) is 1.59. The molecule has 4 nitrogen and oxygen atoms in total. The van der Waals surface area contributed by atoms with Gasteiger partial charge in [-0.25, -0.2) is 4.79 Å². The summed E-state index contributed by atoms with van der Waals surface area (Å²) in [5.74, 6) is -1.32. The predicted molar refractivity (Wildman–Crippen MR) is 32.2 cm³/mol. The fraction of sp³-hybridized carbons (Fsp3) is 0.500. The molecule has 0 heterocycles. The summed E-state index contributed by atoms with van der Waals surface area (Å²) in [6, 6.07) is 0. The monoisotopic (exact) mass is 191 g/mol. The highest BCUT2D eigenvalue weighted by molar-refractivity contribution is 6.75. The van der Waals surface area contributed by atoms with E-state index in [-0.39, 0.29) is 0 Å². The number of halogens is 3. The molecule has 0 spiro atoms. The number of carbonyl (C=O) groups is 1. The fourth-order valence-corrected chi connectivity index (χ4v) is 0.189. The lowest BCUT2D eigenvalue weighted by atomic mass is 10.8. The van der Waals surface area contributed by atoms with Crippen molar-refractivity contribution in [3.63, 3.8) is 0 Å². The Labute approximate surface area is 64.9 Å². The van der Waals surface area contributed by atoms with E-state index in [1.54, 1.807) is 5.34 Å². The third-order valence-electron chi connectivity index (χ3n) is 0.352. The summed E-state index contributed by atoms with van der Waals surface area (Å²) in [4.78, 5) is 22.8. The molecule has 0 rings (SSSR count). The quantitative estimate of drug-likeness (QED) is 0.360. The fourth-order valence-electron chi connectivity index (χ4n) is 0.0856. The molecule has 0 aromatic carbocycles. The Bertz CT molecular complexity index is 130. The zero-order chi connectivity index (χ0) is 7.49. The standard InChI is InChI=1S/C2Cl3NO3/c3-2(4,5)1(7)9-6-8. The number of nitrogens with zero attached hydrogens (tertiary/aromatic N) is 1. The van der Waals surface area contributed by atoms with E-state index in [0.29, 0.717) is 0 Å². The SMILES string of the molecule is O=NOC(=O)C(Cl)(Cl)Cl. The van der Waals surface area contributed by atoms with Crippen LogP contribution in [0.15, 0.2) is 5.34 Å². The van der Waals surface area contributed by atoms with Crippen molar-refractivity contribution in [2.24, 2.45) is 5.34 Å². The highest BCUT2D eigenvalue weighted by Gasteiger charge is 2.33. The van der Waals surface area contributed by atoms with Gasteiger partial charge in [0.2, 0.25) is 0 Å². The topological polar surface area (TPSA) is 55.7 Å². The van der Waals surface area contributed by atoms with E-state index in [2.05, 4.69) is 4.84 Å². The molecule has 0 amide bonds. The molecule has 0 N–H and O–H groups in total. The lowest BCUT2D eigenvalue weighted by molar-refractivity contribution is -0.142. The van der Waals surface area contributed by atoms with Gasteiger partial charge in [-0.3, -0.25) is 4.84 Å². The second-order valence-electron chi connectivity index (χ2n) is 0.951. The van der Waals surface area contributed by atoms with Gasteiger partial charge in [0.25, 0.3) is 3.79 Å². The van der Waals surface area contributed by atoms with E-state index >= 15 is 0 Å². The maximum atomic E-state index is 10.2. The molecule has 52 valence electrons. The van der Waals surface area contributed by atoms with Crippen molar-refractivity contribution < 1.29 is 9.63 Å². The van der Waals surface area contributed by atoms with Crippen LogP contribution < -0.4 is 0 Å². The number of carbonyl (C=O) groups excluding carboxylic acids is 1. The number of hydrogen-bond donors (Lipinski definition) is 0. The van der Waals surface area contributed by atoms with Crippen LogP contribution in [0.4, 0.5) is 0 Å². The van der Waals surface area contributed by atoms with Crippen LogP contribution in [0.1, 0.15) is 0 Å². The molecule has 0 radical (unpaired) electrons. The predicted octanol–water partition coefficient (Wildman–Crippen LogP) is 1.58. The molecule has 9 heavy (non-hydrogen) atoms. The number of hydrogen-bond acceptors (Lipinski definition) is 4. The Hall–Kier alpha value is -0.0600. The molecule has 0 aromatic rings. The van der Waals surface area contributed by atoms with Crippen molar-refractivity contribution in [2.75, 3.05) is 0 Å². The van der Waals surface area contributed by atoms with Crippen molar-refractivity contribution >= 4 is 40.8 Å². The van der Waals surface area contributed by atoms with Gasteiger partial charge in [0.15, 0.2) is 5.34 Å². The van der Waals surface area contributed by atoms with Gasteiger partial charge in [0.1, 0.15) is 0 Å². The first kappa shape index (κ1) is 8.94. The molecule has 7 heteroatoms. The minimum atomic E-state index is -2.23. The molecule has 0 fully saturated rings. The Kier molecular flexibility index (Phi) is 3.17. The summed E-state index contributed by atoms with van der Waals surface area (Å²) in [5.41, 5.74) is 0. The molecule has 0 aliphatic heterocycles. The molecule has 0 bridgehead atoms. The van der Waals surface area contributed by atoms with Crippen molar-refractivity contribution in [2.45, 2.75) is 3.79 Å².